The molecule has 1 rings (SSSR count). The second-order valence-corrected chi connectivity index (χ2v) is 5.53. The van der Waals surface area contributed by atoms with Crippen molar-refractivity contribution < 1.29 is 4.74 Å². The molecule has 1 aromatic carbocycles. The van der Waals surface area contributed by atoms with Gasteiger partial charge in [0, 0.05) is 5.02 Å². The van der Waals surface area contributed by atoms with E-state index in [0.29, 0.717) is 0 Å². The summed E-state index contributed by atoms with van der Waals surface area (Å²) in [7, 11) is 0. The summed E-state index contributed by atoms with van der Waals surface area (Å²) in [5.41, 5.74) is 1.16. The van der Waals surface area contributed by atoms with E-state index in [0.717, 1.165) is 48.9 Å². The molecule has 0 heterocycles. The second-order valence-electron chi connectivity index (χ2n) is 5.12. The van der Waals surface area contributed by atoms with Crippen molar-refractivity contribution in [1.29, 1.82) is 0 Å². The Morgan fingerprint density at radius 3 is 2.60 bits per heavy atom. The van der Waals surface area contributed by atoms with Crippen LogP contribution in [0.3, 0.4) is 0 Å². The van der Waals surface area contributed by atoms with Gasteiger partial charge in [-0.3, -0.25) is 0 Å². The molecule has 1 aromatic rings. The van der Waals surface area contributed by atoms with Gasteiger partial charge in [-0.05, 0) is 62.5 Å². The van der Waals surface area contributed by atoms with Crippen molar-refractivity contribution in [3.8, 4) is 5.75 Å². The maximum absolute atomic E-state index is 6.09. The summed E-state index contributed by atoms with van der Waals surface area (Å²) in [5.74, 6) is 0.941. The van der Waals surface area contributed by atoms with Crippen LogP contribution < -0.4 is 10.1 Å². The number of unbranched alkanes of at least 4 members (excludes halogenated alkanes) is 3. The first-order chi connectivity index (χ1) is 9.77. The van der Waals surface area contributed by atoms with Crippen LogP contribution in [0.5, 0.6) is 5.75 Å². The summed E-state index contributed by atoms with van der Waals surface area (Å²) in [4.78, 5) is 0. The average Bonchev–Trinajstić information content (AvgIpc) is 2.47. The Kier molecular flexibility index (Phi) is 9.52. The van der Waals surface area contributed by atoms with Crippen molar-refractivity contribution in [2.75, 3.05) is 19.7 Å². The number of aryl methyl sites for hydroxylation is 1. The normalized spacial score (nSPS) is 10.8. The molecule has 3 heteroatoms. The molecule has 1 N–H and O–H groups in total. The van der Waals surface area contributed by atoms with E-state index in [4.69, 9.17) is 16.3 Å². The third-order valence-corrected chi connectivity index (χ3v) is 3.71. The van der Waals surface area contributed by atoms with Gasteiger partial charge in [0.05, 0.1) is 6.61 Å². The van der Waals surface area contributed by atoms with Crippen LogP contribution in [0, 0.1) is 0 Å². The van der Waals surface area contributed by atoms with Crippen LogP contribution in [0.15, 0.2) is 18.2 Å². The average molecular weight is 298 g/mol. The number of hydrogen-bond acceptors (Lipinski definition) is 2. The van der Waals surface area contributed by atoms with Crippen LogP contribution in [0.25, 0.3) is 0 Å². The molecule has 0 saturated heterocycles. The fourth-order valence-electron chi connectivity index (χ4n) is 2.11. The maximum atomic E-state index is 6.09. The van der Waals surface area contributed by atoms with E-state index in [2.05, 4.69) is 25.2 Å². The fourth-order valence-corrected chi connectivity index (χ4v) is 2.36. The zero-order valence-electron chi connectivity index (χ0n) is 12.9. The van der Waals surface area contributed by atoms with Crippen LogP contribution in [-0.4, -0.2) is 19.7 Å². The van der Waals surface area contributed by atoms with Crippen molar-refractivity contribution in [3.05, 3.63) is 28.8 Å². The van der Waals surface area contributed by atoms with E-state index in [1.54, 1.807) is 0 Å². The van der Waals surface area contributed by atoms with Crippen LogP contribution in [0.4, 0.5) is 0 Å². The maximum Gasteiger partial charge on any atom is 0.119 e. The molecule has 0 aliphatic rings. The Balaban J connectivity index is 2.06. The number of nitrogens with one attached hydrogen (secondary N) is 1. The molecule has 0 aliphatic heterocycles. The zero-order valence-corrected chi connectivity index (χ0v) is 13.6. The molecule has 0 fully saturated rings. The number of hydrogen-bond donors (Lipinski definition) is 1. The number of ether oxygens (including phenoxy) is 1. The lowest BCUT2D eigenvalue weighted by atomic mass is 10.1. The Morgan fingerprint density at radius 1 is 1.05 bits per heavy atom. The highest BCUT2D eigenvalue weighted by Crippen LogP contribution is 2.22. The highest BCUT2D eigenvalue weighted by molar-refractivity contribution is 6.31. The SMILES string of the molecule is CCCNCCCCCCOc1ccc(Cl)c(CC)c1. The summed E-state index contributed by atoms with van der Waals surface area (Å²) in [6, 6.07) is 5.93. The molecule has 0 amide bonds. The van der Waals surface area contributed by atoms with Crippen molar-refractivity contribution in [1.82, 2.24) is 5.32 Å². The smallest absolute Gasteiger partial charge is 0.119 e. The van der Waals surface area contributed by atoms with Crippen molar-refractivity contribution in [2.45, 2.75) is 52.4 Å². The van der Waals surface area contributed by atoms with Crippen molar-refractivity contribution in [2.24, 2.45) is 0 Å². The molecule has 0 aromatic heterocycles. The third kappa shape index (κ3) is 7.16. The van der Waals surface area contributed by atoms with Gasteiger partial charge in [0.1, 0.15) is 5.75 Å². The molecule has 0 atom stereocenters. The summed E-state index contributed by atoms with van der Waals surface area (Å²) >= 11 is 6.09. The van der Waals surface area contributed by atoms with Crippen molar-refractivity contribution >= 4 is 11.6 Å². The summed E-state index contributed by atoms with van der Waals surface area (Å²) in [5, 5.41) is 4.26. The van der Waals surface area contributed by atoms with E-state index >= 15 is 0 Å². The van der Waals surface area contributed by atoms with Gasteiger partial charge in [-0.25, -0.2) is 0 Å². The van der Waals surface area contributed by atoms with Crippen molar-refractivity contribution in [3.63, 3.8) is 0 Å². The zero-order chi connectivity index (χ0) is 14.6. The topological polar surface area (TPSA) is 21.3 Å². The summed E-state index contributed by atoms with van der Waals surface area (Å²) in [6.45, 7) is 7.39. The van der Waals surface area contributed by atoms with E-state index < -0.39 is 0 Å². The Morgan fingerprint density at radius 2 is 1.85 bits per heavy atom. The van der Waals surface area contributed by atoms with Crippen LogP contribution in [-0.2, 0) is 6.42 Å². The lowest BCUT2D eigenvalue weighted by molar-refractivity contribution is 0.304. The quantitative estimate of drug-likeness (QED) is 0.590. The first-order valence-corrected chi connectivity index (χ1v) is 8.27. The third-order valence-electron chi connectivity index (χ3n) is 3.34. The molecule has 2 nitrogen and oxygen atoms in total. The van der Waals surface area contributed by atoms with Gasteiger partial charge in [-0.2, -0.15) is 0 Å². The first kappa shape index (κ1) is 17.3. The number of halogens is 1. The van der Waals surface area contributed by atoms with E-state index in [9.17, 15) is 0 Å². The molecule has 0 unspecified atom stereocenters. The van der Waals surface area contributed by atoms with Gasteiger partial charge in [0.25, 0.3) is 0 Å². The Labute approximate surface area is 128 Å². The lowest BCUT2D eigenvalue weighted by Gasteiger charge is -2.09. The van der Waals surface area contributed by atoms with Gasteiger partial charge >= 0.3 is 0 Å². The van der Waals surface area contributed by atoms with Gasteiger partial charge in [0.15, 0.2) is 0 Å². The number of rotatable bonds is 11. The lowest BCUT2D eigenvalue weighted by Crippen LogP contribution is -2.15. The Hall–Kier alpha value is -0.730. The largest absolute Gasteiger partial charge is 0.494 e. The molecular formula is C17H28ClNO. The van der Waals surface area contributed by atoms with Gasteiger partial charge in [-0.15, -0.1) is 0 Å². The van der Waals surface area contributed by atoms with Crippen LogP contribution in [0.1, 0.15) is 51.5 Å². The van der Waals surface area contributed by atoms with Crippen LogP contribution in [0.2, 0.25) is 5.02 Å². The van der Waals surface area contributed by atoms with Gasteiger partial charge < -0.3 is 10.1 Å². The molecule has 0 aliphatic carbocycles. The fraction of sp³-hybridized carbons (Fsp3) is 0.647. The first-order valence-electron chi connectivity index (χ1n) is 7.89. The minimum Gasteiger partial charge on any atom is -0.494 e. The minimum absolute atomic E-state index is 0.799. The second kappa shape index (κ2) is 11.0. The summed E-state index contributed by atoms with van der Waals surface area (Å²) < 4.78 is 5.77. The van der Waals surface area contributed by atoms with Crippen LogP contribution >= 0.6 is 11.6 Å². The highest BCUT2D eigenvalue weighted by Gasteiger charge is 2.01. The molecule has 0 bridgehead atoms. The molecule has 0 radical (unpaired) electrons. The molecular weight excluding hydrogens is 270 g/mol. The molecule has 114 valence electrons. The predicted molar refractivity (Wildman–Crippen MR) is 88.0 cm³/mol. The Bertz CT molecular complexity index is 368. The standard InChI is InChI=1S/C17H28ClNO/c1-3-11-19-12-7-5-6-8-13-20-16-9-10-17(18)15(4-2)14-16/h9-10,14,19H,3-8,11-13H2,1-2H3. The van der Waals surface area contributed by atoms with Gasteiger partial charge in [0.2, 0.25) is 0 Å². The van der Waals surface area contributed by atoms with E-state index in [-0.39, 0.29) is 0 Å². The predicted octanol–water partition coefficient (Wildman–Crippen LogP) is 4.84. The number of benzene rings is 1. The summed E-state index contributed by atoms with van der Waals surface area (Å²) in [6.07, 6.45) is 7.07. The monoisotopic (exact) mass is 297 g/mol. The van der Waals surface area contributed by atoms with Gasteiger partial charge in [-0.1, -0.05) is 38.3 Å². The minimum atomic E-state index is 0.799. The van der Waals surface area contributed by atoms with E-state index in [1.807, 2.05) is 12.1 Å². The molecule has 20 heavy (non-hydrogen) atoms. The highest BCUT2D eigenvalue weighted by atomic mass is 35.5. The van der Waals surface area contributed by atoms with E-state index in [1.165, 1.54) is 25.7 Å². The molecule has 0 spiro atoms. The molecule has 0 saturated carbocycles.